The third-order valence-electron chi connectivity index (χ3n) is 6.29. The smallest absolute Gasteiger partial charge is 1.00 e. The maximum atomic E-state index is 5.00. The number of rotatable bonds is 4. The van der Waals surface area contributed by atoms with Crippen LogP contribution in [0.4, 0.5) is 0 Å². The Morgan fingerprint density at radius 2 is 0.967 bits per heavy atom. The van der Waals surface area contributed by atoms with E-state index in [1.54, 1.807) is 17.7 Å². The molecule has 2 aromatic rings. The molecule has 2 aromatic carbocycles. The van der Waals surface area contributed by atoms with E-state index in [2.05, 4.69) is 100.0 Å². The van der Waals surface area contributed by atoms with Gasteiger partial charge in [-0.3, -0.25) is 0 Å². The van der Waals surface area contributed by atoms with Crippen molar-refractivity contribution in [3.63, 3.8) is 0 Å². The van der Waals surface area contributed by atoms with E-state index in [9.17, 15) is 0 Å². The van der Waals surface area contributed by atoms with Crippen LogP contribution in [-0.4, -0.2) is 20.4 Å². The average Bonchev–Trinajstić information content (AvgIpc) is 3.19. The van der Waals surface area contributed by atoms with Crippen LogP contribution in [0.25, 0.3) is 12.2 Å². The number of fused-ring (bicyclic) bond motifs is 2. The van der Waals surface area contributed by atoms with E-state index in [1.165, 1.54) is 11.1 Å². The van der Waals surface area contributed by atoms with Crippen molar-refractivity contribution in [2.45, 2.75) is 50.4 Å². The second-order valence-electron chi connectivity index (χ2n) is 10.5. The Morgan fingerprint density at radius 3 is 1.30 bits per heavy atom. The quantitative estimate of drug-likeness (QED) is 0.500. The molecule has 0 bridgehead atoms. The monoisotopic (exact) mass is 548 g/mol. The van der Waals surface area contributed by atoms with Gasteiger partial charge < -0.3 is 24.8 Å². The third-order valence-corrected chi connectivity index (χ3v) is 18.0. The maximum absolute atomic E-state index is 5.00. The summed E-state index contributed by atoms with van der Waals surface area (Å²) >= 11 is -2.17. The molecule has 158 valence electrons. The molecule has 0 N–H and O–H groups in total. The van der Waals surface area contributed by atoms with Crippen LogP contribution in [0.15, 0.2) is 55.1 Å². The van der Waals surface area contributed by atoms with Gasteiger partial charge in [0.1, 0.15) is 0 Å². The van der Waals surface area contributed by atoms with Crippen LogP contribution in [0.2, 0.25) is 39.3 Å². The molecule has 0 fully saturated rings. The van der Waals surface area contributed by atoms with E-state index in [4.69, 9.17) is 4.21 Å². The van der Waals surface area contributed by atoms with Crippen molar-refractivity contribution in [2.75, 3.05) is 0 Å². The van der Waals surface area contributed by atoms with Crippen LogP contribution in [0, 0.1) is 0 Å². The molecule has 0 saturated heterocycles. The molecule has 0 amide bonds. The molecule has 30 heavy (non-hydrogen) atoms. The summed E-state index contributed by atoms with van der Waals surface area (Å²) in [4.78, 5) is 0. The Labute approximate surface area is 204 Å². The maximum Gasteiger partial charge on any atom is -1.00 e. The molecule has 0 saturated carbocycles. The molecule has 0 heterocycles. The standard InChI is InChI=1S/2C12H15Si.CH2.2ClH.Zr/c2*1-13(2,3)12-9-8-10-6-4-5-7-11(10)12;;;;/h2*4-8,12H,1-3H3;1H2;2*1H;/q;;;;;+2/p-2/t2*12-;;;;/m10..../s1. The molecule has 0 unspecified atom stereocenters. The van der Waals surface area contributed by atoms with Crippen LogP contribution >= 0.6 is 0 Å². The van der Waals surface area contributed by atoms with E-state index < -0.39 is 37.4 Å². The van der Waals surface area contributed by atoms with E-state index in [-0.39, 0.29) is 24.8 Å². The third kappa shape index (κ3) is 4.57. The predicted molar refractivity (Wildman–Crippen MR) is 128 cm³/mol. The van der Waals surface area contributed by atoms with Gasteiger partial charge in [-0.15, -0.1) is 0 Å². The fraction of sp³-hybridized carbons (Fsp3) is 0.320. The first-order valence-corrected chi connectivity index (χ1v) is 21.7. The zero-order valence-corrected chi connectivity index (χ0v) is 24.9. The minimum absolute atomic E-state index is 0. The molecule has 0 nitrogen and oxygen atoms in total. The van der Waals surface area contributed by atoms with Gasteiger partial charge >= 0.3 is 181 Å². The zero-order chi connectivity index (χ0) is 20.3. The molecule has 2 aliphatic carbocycles. The average molecular weight is 551 g/mol. The van der Waals surface area contributed by atoms with Crippen molar-refractivity contribution in [2.24, 2.45) is 0 Å². The molecule has 0 aliphatic heterocycles. The first-order chi connectivity index (χ1) is 13.1. The van der Waals surface area contributed by atoms with Crippen LogP contribution in [0.1, 0.15) is 33.3 Å². The minimum atomic E-state index is -2.17. The molecule has 2 aliphatic rings. The van der Waals surface area contributed by atoms with Crippen molar-refractivity contribution < 1.29 is 46.1 Å². The fourth-order valence-electron chi connectivity index (χ4n) is 5.20. The first kappa shape index (κ1) is 25.9. The molecular weight excluding hydrogens is 519 g/mol. The van der Waals surface area contributed by atoms with E-state index in [1.807, 2.05) is 0 Å². The van der Waals surface area contributed by atoms with Crippen LogP contribution < -0.4 is 24.8 Å². The van der Waals surface area contributed by atoms with Crippen molar-refractivity contribution in [1.82, 2.24) is 0 Å². The number of halogens is 2. The number of benzene rings is 2. The predicted octanol–water partition coefficient (Wildman–Crippen LogP) is 1.08. The number of hydrogen-bond acceptors (Lipinski definition) is 0. The van der Waals surface area contributed by atoms with E-state index >= 15 is 0 Å². The Bertz CT molecular complexity index is 944. The van der Waals surface area contributed by atoms with Crippen LogP contribution in [-0.2, 0) is 21.3 Å². The molecule has 4 rings (SSSR count). The van der Waals surface area contributed by atoms with Gasteiger partial charge in [-0.25, -0.2) is 0 Å². The normalized spacial score (nSPS) is 19.4. The summed E-state index contributed by atoms with van der Waals surface area (Å²) in [7, 11) is -2.75. The van der Waals surface area contributed by atoms with Crippen molar-refractivity contribution in [1.29, 1.82) is 0 Å². The fourth-order valence-corrected chi connectivity index (χ4v) is 23.0. The Hall–Kier alpha value is -0.313. The second-order valence-corrected chi connectivity index (χ2v) is 26.3. The summed E-state index contributed by atoms with van der Waals surface area (Å²) in [5.74, 6) is 0. The Balaban J connectivity index is 0.00000160. The SMILES string of the molecule is [CH2]=[Zr+2]([C]1=Cc2ccccc2[C@@H]1[Si](C)(C)C)[C]1=Cc2ccccc2[C@H]1[Si](C)(C)C.[Cl-].[Cl-]. The van der Waals surface area contributed by atoms with Gasteiger partial charge in [0.2, 0.25) is 0 Å². The van der Waals surface area contributed by atoms with Crippen molar-refractivity contribution >= 4 is 32.5 Å². The van der Waals surface area contributed by atoms with Gasteiger partial charge in [0.05, 0.1) is 0 Å². The Kier molecular flexibility index (Phi) is 8.02. The summed E-state index contributed by atoms with van der Waals surface area (Å²) in [5.41, 5.74) is 7.41. The minimum Gasteiger partial charge on any atom is -1.00 e. The summed E-state index contributed by atoms with van der Waals surface area (Å²) in [5, 5.41) is 0. The largest absolute Gasteiger partial charge is 1.00 e. The van der Waals surface area contributed by atoms with Crippen molar-refractivity contribution in [3.8, 4) is 0 Å². The summed E-state index contributed by atoms with van der Waals surface area (Å²) < 4.78 is 8.51. The molecule has 2 atom stereocenters. The van der Waals surface area contributed by atoms with Gasteiger partial charge in [0.15, 0.2) is 0 Å². The molecular formula is C25H32Cl2Si2Zr. The van der Waals surface area contributed by atoms with E-state index in [0.29, 0.717) is 11.1 Å². The van der Waals surface area contributed by atoms with Crippen molar-refractivity contribution in [3.05, 3.63) is 77.3 Å². The number of hydrogen-bond donors (Lipinski definition) is 0. The second kappa shape index (κ2) is 9.28. The van der Waals surface area contributed by atoms with Gasteiger partial charge in [0.25, 0.3) is 0 Å². The molecule has 0 aromatic heterocycles. The van der Waals surface area contributed by atoms with Gasteiger partial charge in [0, 0.05) is 0 Å². The number of allylic oxidation sites excluding steroid dienone is 2. The first-order valence-electron chi connectivity index (χ1n) is 10.4. The molecule has 0 radical (unpaired) electrons. The van der Waals surface area contributed by atoms with Crippen LogP contribution in [0.3, 0.4) is 0 Å². The van der Waals surface area contributed by atoms with Gasteiger partial charge in [-0.05, 0) is 0 Å². The summed E-state index contributed by atoms with van der Waals surface area (Å²) in [6.45, 7) is 15.2. The molecule has 5 heteroatoms. The summed E-state index contributed by atoms with van der Waals surface area (Å²) in [6.07, 6.45) is 5.12. The summed E-state index contributed by atoms with van der Waals surface area (Å²) in [6, 6.07) is 18.2. The van der Waals surface area contributed by atoms with Gasteiger partial charge in [-0.2, -0.15) is 0 Å². The Morgan fingerprint density at radius 1 is 0.633 bits per heavy atom. The zero-order valence-electron chi connectivity index (χ0n) is 18.9. The van der Waals surface area contributed by atoms with Crippen LogP contribution in [0.5, 0.6) is 0 Å². The molecule has 0 spiro atoms. The topological polar surface area (TPSA) is 0 Å². The van der Waals surface area contributed by atoms with E-state index in [0.717, 1.165) is 0 Å². The van der Waals surface area contributed by atoms with Gasteiger partial charge in [-0.1, -0.05) is 0 Å².